The fraction of sp³-hybridized carbons (Fsp3) is 0.375. The van der Waals surface area contributed by atoms with Crippen LogP contribution in [0, 0.1) is 6.92 Å². The summed E-state index contributed by atoms with van der Waals surface area (Å²) in [6.07, 6.45) is 1.25. The molecule has 0 fully saturated rings. The molecule has 0 radical (unpaired) electrons. The van der Waals surface area contributed by atoms with Gasteiger partial charge in [0.25, 0.3) is 0 Å². The van der Waals surface area contributed by atoms with E-state index in [0.29, 0.717) is 38.3 Å². The number of rotatable bonds is 9. The summed E-state index contributed by atoms with van der Waals surface area (Å²) in [5.74, 6) is 1.23. The molecule has 1 N–H and O–H groups in total. The summed E-state index contributed by atoms with van der Waals surface area (Å²) >= 11 is 0. The lowest BCUT2D eigenvalue weighted by atomic mass is 9.99. The molecule has 3 aromatic rings. The Morgan fingerprint density at radius 3 is 2.21 bits per heavy atom. The van der Waals surface area contributed by atoms with E-state index in [9.17, 15) is 9.59 Å². The van der Waals surface area contributed by atoms with E-state index in [1.54, 1.807) is 4.90 Å². The third kappa shape index (κ3) is 7.60. The molecular formula is C32H38N2O4. The van der Waals surface area contributed by atoms with Crippen LogP contribution in [-0.4, -0.2) is 41.5 Å². The van der Waals surface area contributed by atoms with E-state index in [1.807, 2.05) is 100 Å². The van der Waals surface area contributed by atoms with Crippen LogP contribution in [0.2, 0.25) is 0 Å². The number of carbonyl (C=O) groups excluding carboxylic acids is 2. The van der Waals surface area contributed by atoms with Crippen molar-refractivity contribution in [3.05, 3.63) is 95.1 Å². The van der Waals surface area contributed by atoms with Gasteiger partial charge in [0, 0.05) is 24.9 Å². The van der Waals surface area contributed by atoms with Gasteiger partial charge in [-0.05, 0) is 62.9 Å². The lowest BCUT2D eigenvalue weighted by Crippen LogP contribution is -2.54. The highest BCUT2D eigenvalue weighted by molar-refractivity contribution is 5.88. The normalized spacial score (nSPS) is 13.5. The highest BCUT2D eigenvalue weighted by Gasteiger charge is 2.32. The SMILES string of the molecule is Cc1ccc(CN(C(=O)CCc2ccc3c(c2)OCCO3)[C@@H](Cc2ccccc2)C(=O)NC(C)(C)C)cc1. The number of benzene rings is 3. The second-order valence-electron chi connectivity index (χ2n) is 10.9. The average Bonchev–Trinajstić information content (AvgIpc) is 2.90. The highest BCUT2D eigenvalue weighted by atomic mass is 16.6. The first-order chi connectivity index (χ1) is 18.2. The van der Waals surface area contributed by atoms with Crippen molar-refractivity contribution in [2.45, 2.75) is 65.1 Å². The highest BCUT2D eigenvalue weighted by Crippen LogP contribution is 2.31. The van der Waals surface area contributed by atoms with Crippen molar-refractivity contribution in [1.82, 2.24) is 10.2 Å². The molecule has 38 heavy (non-hydrogen) atoms. The molecule has 1 aliphatic heterocycles. The van der Waals surface area contributed by atoms with Crippen LogP contribution in [0.15, 0.2) is 72.8 Å². The van der Waals surface area contributed by atoms with E-state index in [-0.39, 0.29) is 18.2 Å². The van der Waals surface area contributed by atoms with Crippen LogP contribution in [0.25, 0.3) is 0 Å². The Balaban J connectivity index is 1.60. The number of ether oxygens (including phenoxy) is 2. The molecule has 0 aromatic heterocycles. The minimum atomic E-state index is -0.648. The molecule has 200 valence electrons. The summed E-state index contributed by atoms with van der Waals surface area (Å²) in [6.45, 7) is 9.32. The van der Waals surface area contributed by atoms with Crippen LogP contribution in [0.1, 0.15) is 49.4 Å². The van der Waals surface area contributed by atoms with E-state index in [0.717, 1.165) is 28.0 Å². The zero-order valence-corrected chi connectivity index (χ0v) is 22.8. The molecule has 2 amide bonds. The molecule has 0 aliphatic carbocycles. The van der Waals surface area contributed by atoms with Crippen molar-refractivity contribution >= 4 is 11.8 Å². The van der Waals surface area contributed by atoms with Crippen molar-refractivity contribution < 1.29 is 19.1 Å². The monoisotopic (exact) mass is 514 g/mol. The average molecular weight is 515 g/mol. The van der Waals surface area contributed by atoms with E-state index >= 15 is 0 Å². The largest absolute Gasteiger partial charge is 0.486 e. The summed E-state index contributed by atoms with van der Waals surface area (Å²) in [5, 5.41) is 3.11. The molecule has 1 aliphatic rings. The van der Waals surface area contributed by atoms with Gasteiger partial charge in [-0.1, -0.05) is 66.2 Å². The van der Waals surface area contributed by atoms with E-state index in [2.05, 4.69) is 5.32 Å². The number of amides is 2. The molecule has 6 heteroatoms. The lowest BCUT2D eigenvalue weighted by Gasteiger charge is -2.34. The second kappa shape index (κ2) is 12.2. The summed E-state index contributed by atoms with van der Waals surface area (Å²) in [4.78, 5) is 29.3. The molecule has 6 nitrogen and oxygen atoms in total. The molecule has 0 unspecified atom stereocenters. The van der Waals surface area contributed by atoms with Gasteiger partial charge in [0.1, 0.15) is 19.3 Å². The first-order valence-corrected chi connectivity index (χ1v) is 13.3. The van der Waals surface area contributed by atoms with Crippen LogP contribution >= 0.6 is 0 Å². The molecule has 0 spiro atoms. The minimum Gasteiger partial charge on any atom is -0.486 e. The number of hydrogen-bond donors (Lipinski definition) is 1. The predicted molar refractivity (Wildman–Crippen MR) is 149 cm³/mol. The number of carbonyl (C=O) groups is 2. The Bertz CT molecular complexity index is 1230. The van der Waals surface area contributed by atoms with Gasteiger partial charge in [0.2, 0.25) is 11.8 Å². The van der Waals surface area contributed by atoms with Crippen LogP contribution in [-0.2, 0) is 29.0 Å². The predicted octanol–water partition coefficient (Wildman–Crippen LogP) is 5.25. The minimum absolute atomic E-state index is 0.0644. The fourth-order valence-corrected chi connectivity index (χ4v) is 4.54. The summed E-state index contributed by atoms with van der Waals surface area (Å²) in [5.41, 5.74) is 3.73. The van der Waals surface area contributed by atoms with Crippen molar-refractivity contribution in [2.24, 2.45) is 0 Å². The topological polar surface area (TPSA) is 67.9 Å². The molecule has 0 saturated carbocycles. The Morgan fingerprint density at radius 2 is 1.53 bits per heavy atom. The van der Waals surface area contributed by atoms with Crippen LogP contribution in [0.4, 0.5) is 0 Å². The number of aryl methyl sites for hydroxylation is 2. The zero-order valence-electron chi connectivity index (χ0n) is 22.8. The van der Waals surface area contributed by atoms with Crippen LogP contribution in [0.5, 0.6) is 11.5 Å². The third-order valence-electron chi connectivity index (χ3n) is 6.48. The van der Waals surface area contributed by atoms with Gasteiger partial charge in [-0.25, -0.2) is 0 Å². The standard InChI is InChI=1S/C32H38N2O4/c1-23-10-12-26(13-11-23)22-34(27(31(36)33-32(2,3)4)20-24-8-6-5-7-9-24)30(35)17-15-25-14-16-28-29(21-25)38-19-18-37-28/h5-14,16,21,27H,15,17-20,22H2,1-4H3,(H,33,36)/t27-/m0/s1. The molecule has 4 rings (SSSR count). The van der Waals surface area contributed by atoms with Crippen LogP contribution in [0.3, 0.4) is 0 Å². The molecule has 1 heterocycles. The van der Waals surface area contributed by atoms with Crippen molar-refractivity contribution in [3.63, 3.8) is 0 Å². The van der Waals surface area contributed by atoms with Gasteiger partial charge >= 0.3 is 0 Å². The lowest BCUT2D eigenvalue weighted by molar-refractivity contribution is -0.141. The maximum Gasteiger partial charge on any atom is 0.243 e. The summed E-state index contributed by atoms with van der Waals surface area (Å²) < 4.78 is 11.3. The van der Waals surface area contributed by atoms with Gasteiger partial charge in [-0.2, -0.15) is 0 Å². The van der Waals surface area contributed by atoms with E-state index < -0.39 is 11.6 Å². The third-order valence-corrected chi connectivity index (χ3v) is 6.48. The number of fused-ring (bicyclic) bond motifs is 1. The fourth-order valence-electron chi connectivity index (χ4n) is 4.54. The molecule has 1 atom stereocenters. The van der Waals surface area contributed by atoms with E-state index in [4.69, 9.17) is 9.47 Å². The van der Waals surface area contributed by atoms with Gasteiger partial charge < -0.3 is 19.7 Å². The summed E-state index contributed by atoms with van der Waals surface area (Å²) in [6, 6.07) is 23.2. The Hall–Kier alpha value is -3.80. The molecule has 0 bridgehead atoms. The molecular weight excluding hydrogens is 476 g/mol. The zero-order chi connectivity index (χ0) is 27.1. The van der Waals surface area contributed by atoms with Gasteiger partial charge in [-0.15, -0.1) is 0 Å². The first-order valence-electron chi connectivity index (χ1n) is 13.3. The van der Waals surface area contributed by atoms with Gasteiger partial charge in [0.05, 0.1) is 0 Å². The number of nitrogens with one attached hydrogen (secondary N) is 1. The van der Waals surface area contributed by atoms with Crippen molar-refractivity contribution in [1.29, 1.82) is 0 Å². The first kappa shape index (κ1) is 27.2. The van der Waals surface area contributed by atoms with Crippen LogP contribution < -0.4 is 14.8 Å². The van der Waals surface area contributed by atoms with Crippen molar-refractivity contribution in [2.75, 3.05) is 13.2 Å². The van der Waals surface area contributed by atoms with Gasteiger partial charge in [-0.3, -0.25) is 9.59 Å². The second-order valence-corrected chi connectivity index (χ2v) is 10.9. The Kier molecular flexibility index (Phi) is 8.72. The van der Waals surface area contributed by atoms with E-state index in [1.165, 1.54) is 0 Å². The maximum absolute atomic E-state index is 13.9. The summed E-state index contributed by atoms with van der Waals surface area (Å²) in [7, 11) is 0. The Labute approximate surface area is 226 Å². The maximum atomic E-state index is 13.9. The molecule has 0 saturated heterocycles. The van der Waals surface area contributed by atoms with Gasteiger partial charge in [0.15, 0.2) is 11.5 Å². The number of nitrogens with zero attached hydrogens (tertiary/aromatic N) is 1. The molecule has 3 aromatic carbocycles. The number of hydrogen-bond acceptors (Lipinski definition) is 4. The smallest absolute Gasteiger partial charge is 0.243 e. The van der Waals surface area contributed by atoms with Crippen molar-refractivity contribution in [3.8, 4) is 11.5 Å². The Morgan fingerprint density at radius 1 is 0.868 bits per heavy atom. The quantitative estimate of drug-likeness (QED) is 0.423.